The molecule has 0 radical (unpaired) electrons. The van der Waals surface area contributed by atoms with Gasteiger partial charge in [0.15, 0.2) is 11.5 Å². The highest BCUT2D eigenvalue weighted by Crippen LogP contribution is 2.04. The first-order valence-corrected chi connectivity index (χ1v) is 2.94. The first-order valence-electron chi connectivity index (χ1n) is 2.94. The molecule has 1 heterocycles. The van der Waals surface area contributed by atoms with Gasteiger partial charge in [0.1, 0.15) is 6.61 Å². The molecule has 1 rings (SSSR count). The molecule has 12 heavy (non-hydrogen) atoms. The van der Waals surface area contributed by atoms with Crippen LogP contribution in [0.1, 0.15) is 16.2 Å². The maximum Gasteiger partial charge on any atom is 0.270 e. The van der Waals surface area contributed by atoms with Gasteiger partial charge in [0.2, 0.25) is 0 Å². The second kappa shape index (κ2) is 3.51. The number of amides is 1. The predicted octanol–water partition coefficient (Wildman–Crippen LogP) is 0.617. The van der Waals surface area contributed by atoms with E-state index in [0.717, 1.165) is 0 Å². The Kier molecular flexibility index (Phi) is 2.42. The van der Waals surface area contributed by atoms with Gasteiger partial charge in [-0.25, -0.2) is 0 Å². The van der Waals surface area contributed by atoms with Crippen molar-refractivity contribution in [1.29, 1.82) is 0 Å². The summed E-state index contributed by atoms with van der Waals surface area (Å²) in [5, 5.41) is 14.6. The van der Waals surface area contributed by atoms with Gasteiger partial charge < -0.3 is 9.63 Å². The van der Waals surface area contributed by atoms with Crippen LogP contribution in [0.25, 0.3) is 10.4 Å². The average molecular weight is 168 g/mol. The molecule has 1 amide bonds. The number of nitrogens with zero attached hydrogens (tertiary/aromatic N) is 4. The fourth-order valence-electron chi connectivity index (χ4n) is 0.580. The third-order valence-corrected chi connectivity index (χ3v) is 1.07. The summed E-state index contributed by atoms with van der Waals surface area (Å²) < 4.78 is 4.48. The van der Waals surface area contributed by atoms with Gasteiger partial charge in [0.25, 0.3) is 5.91 Å². The molecule has 0 aliphatic heterocycles. The van der Waals surface area contributed by atoms with Crippen LogP contribution in [0.3, 0.4) is 0 Å². The Morgan fingerprint density at radius 1 is 1.92 bits per heavy atom. The minimum atomic E-state index is -0.832. The molecule has 7 nitrogen and oxygen atoms in total. The molecular formula is C5H4N4O3. The number of carbonyl (C=O) groups is 1. The molecule has 0 spiro atoms. The fourth-order valence-corrected chi connectivity index (χ4v) is 0.580. The lowest BCUT2D eigenvalue weighted by atomic mass is 10.3. The predicted molar refractivity (Wildman–Crippen MR) is 35.9 cm³/mol. The topological polar surface area (TPSA) is 112 Å². The summed E-state index contributed by atoms with van der Waals surface area (Å²) in [6.45, 7) is -0.351. The number of hydrogen-bond donors (Lipinski definition) is 1. The van der Waals surface area contributed by atoms with Crippen LogP contribution in [-0.2, 0) is 6.61 Å². The maximum absolute atomic E-state index is 10.7. The monoisotopic (exact) mass is 168 g/mol. The zero-order valence-corrected chi connectivity index (χ0v) is 5.84. The molecule has 0 aliphatic rings. The molecule has 0 bridgehead atoms. The van der Waals surface area contributed by atoms with Crippen LogP contribution < -0.4 is 0 Å². The molecule has 0 aliphatic carbocycles. The second-order valence-corrected chi connectivity index (χ2v) is 1.83. The van der Waals surface area contributed by atoms with E-state index in [0.29, 0.717) is 0 Å². The van der Waals surface area contributed by atoms with Crippen LogP contribution in [0.15, 0.2) is 15.7 Å². The lowest BCUT2D eigenvalue weighted by Gasteiger charge is -1.78. The van der Waals surface area contributed by atoms with E-state index >= 15 is 0 Å². The maximum atomic E-state index is 10.7. The van der Waals surface area contributed by atoms with Crippen molar-refractivity contribution in [2.75, 3.05) is 0 Å². The molecule has 62 valence electrons. The zero-order chi connectivity index (χ0) is 8.97. The van der Waals surface area contributed by atoms with Gasteiger partial charge in [-0.1, -0.05) is 5.16 Å². The fraction of sp³-hybridized carbons (Fsp3) is 0.200. The molecule has 0 saturated heterocycles. The number of aromatic nitrogens is 1. The van der Waals surface area contributed by atoms with E-state index in [1.807, 2.05) is 0 Å². The number of azide groups is 1. The summed E-state index contributed by atoms with van der Waals surface area (Å²) in [7, 11) is 0. The van der Waals surface area contributed by atoms with Gasteiger partial charge in [-0.3, -0.25) is 4.79 Å². The highest BCUT2D eigenvalue weighted by Gasteiger charge is 2.09. The van der Waals surface area contributed by atoms with Crippen molar-refractivity contribution in [2.45, 2.75) is 6.61 Å². The van der Waals surface area contributed by atoms with Crippen molar-refractivity contribution in [1.82, 2.24) is 5.16 Å². The summed E-state index contributed by atoms with van der Waals surface area (Å²) in [6, 6.07) is 1.21. The van der Waals surface area contributed by atoms with E-state index in [1.165, 1.54) is 6.07 Å². The van der Waals surface area contributed by atoms with E-state index < -0.39 is 5.91 Å². The minimum Gasteiger partial charge on any atom is -0.388 e. The van der Waals surface area contributed by atoms with Gasteiger partial charge in [0.05, 0.1) is 0 Å². The van der Waals surface area contributed by atoms with Gasteiger partial charge >= 0.3 is 0 Å². The normalized spacial score (nSPS) is 9.08. The van der Waals surface area contributed by atoms with Crippen molar-refractivity contribution in [3.63, 3.8) is 0 Å². The molecule has 1 aromatic rings. The van der Waals surface area contributed by atoms with E-state index in [1.54, 1.807) is 0 Å². The minimum absolute atomic E-state index is 0.114. The molecule has 0 aromatic carbocycles. The van der Waals surface area contributed by atoms with Crippen LogP contribution in [0.5, 0.6) is 0 Å². The molecule has 0 atom stereocenters. The van der Waals surface area contributed by atoms with E-state index in [9.17, 15) is 4.79 Å². The quantitative estimate of drug-likeness (QED) is 0.396. The van der Waals surface area contributed by atoms with Crippen LogP contribution in [0.2, 0.25) is 0 Å². The Bertz CT molecular complexity index is 338. The molecular weight excluding hydrogens is 164 g/mol. The Morgan fingerprint density at radius 3 is 3.17 bits per heavy atom. The molecule has 7 heteroatoms. The third kappa shape index (κ3) is 1.60. The standard InChI is InChI=1S/C5H4N4O3/c6-9-7-5(11)4-1-3(2-10)12-8-4/h1,10H,2H2. The average Bonchev–Trinajstić information content (AvgIpc) is 2.52. The Balaban J connectivity index is 2.88. The lowest BCUT2D eigenvalue weighted by Crippen LogP contribution is -1.91. The van der Waals surface area contributed by atoms with E-state index in [4.69, 9.17) is 10.6 Å². The van der Waals surface area contributed by atoms with Crippen molar-refractivity contribution in [2.24, 2.45) is 5.11 Å². The molecule has 1 aromatic heterocycles. The number of carbonyl (C=O) groups excluding carboxylic acids is 1. The zero-order valence-electron chi connectivity index (χ0n) is 5.84. The highest BCUT2D eigenvalue weighted by molar-refractivity contribution is 5.92. The molecule has 0 fully saturated rings. The molecule has 0 saturated carbocycles. The second-order valence-electron chi connectivity index (χ2n) is 1.83. The number of aliphatic hydroxyl groups excluding tert-OH is 1. The molecule has 1 N–H and O–H groups in total. The Morgan fingerprint density at radius 2 is 2.67 bits per heavy atom. The van der Waals surface area contributed by atoms with E-state index in [2.05, 4.69) is 19.7 Å². The van der Waals surface area contributed by atoms with Crippen molar-refractivity contribution in [3.05, 3.63) is 28.0 Å². The van der Waals surface area contributed by atoms with Crippen molar-refractivity contribution in [3.8, 4) is 0 Å². The lowest BCUT2D eigenvalue weighted by molar-refractivity contribution is 0.0991. The van der Waals surface area contributed by atoms with Crippen LogP contribution in [0, 0.1) is 0 Å². The Labute approximate surface area is 66.2 Å². The summed E-state index contributed by atoms with van der Waals surface area (Å²) in [6.07, 6.45) is 0. The number of rotatable bonds is 2. The van der Waals surface area contributed by atoms with Gasteiger partial charge in [-0.2, -0.15) is 0 Å². The summed E-state index contributed by atoms with van der Waals surface area (Å²) in [5.74, 6) is -0.688. The van der Waals surface area contributed by atoms with Crippen LogP contribution in [0.4, 0.5) is 0 Å². The summed E-state index contributed by atoms with van der Waals surface area (Å²) in [4.78, 5) is 13.0. The van der Waals surface area contributed by atoms with Crippen molar-refractivity contribution < 1.29 is 14.4 Å². The van der Waals surface area contributed by atoms with Crippen molar-refractivity contribution >= 4 is 5.91 Å². The summed E-state index contributed by atoms with van der Waals surface area (Å²) in [5.41, 5.74) is 7.78. The first kappa shape index (κ1) is 8.25. The SMILES string of the molecule is [N-]=[N+]=NC(=O)c1cc(CO)on1. The molecule has 0 unspecified atom stereocenters. The van der Waals surface area contributed by atoms with E-state index in [-0.39, 0.29) is 18.1 Å². The largest absolute Gasteiger partial charge is 0.388 e. The summed E-state index contributed by atoms with van der Waals surface area (Å²) >= 11 is 0. The van der Waals surface area contributed by atoms with Crippen LogP contribution >= 0.6 is 0 Å². The Hall–Kier alpha value is -1.85. The van der Waals surface area contributed by atoms with Gasteiger partial charge in [-0.15, -0.1) is 0 Å². The first-order chi connectivity index (χ1) is 5.77. The highest BCUT2D eigenvalue weighted by atomic mass is 16.5. The number of aliphatic hydroxyl groups is 1. The van der Waals surface area contributed by atoms with Crippen LogP contribution in [-0.4, -0.2) is 16.2 Å². The third-order valence-electron chi connectivity index (χ3n) is 1.07. The van der Waals surface area contributed by atoms with Gasteiger partial charge in [-0.05, 0) is 10.6 Å². The van der Waals surface area contributed by atoms with Gasteiger partial charge in [0, 0.05) is 11.0 Å². The number of hydrogen-bond acceptors (Lipinski definition) is 4. The smallest absolute Gasteiger partial charge is 0.270 e.